The van der Waals surface area contributed by atoms with Crippen LogP contribution in [-0.4, -0.2) is 29.3 Å². The van der Waals surface area contributed by atoms with Crippen LogP contribution in [0.1, 0.15) is 26.6 Å². The maximum Gasteiger partial charge on any atom is 0.263 e. The van der Waals surface area contributed by atoms with Gasteiger partial charge in [0.05, 0.1) is 22.9 Å². The molecule has 0 saturated heterocycles. The third kappa shape index (κ3) is 3.26. The van der Waals surface area contributed by atoms with Crippen LogP contribution in [0.15, 0.2) is 59.5 Å². The van der Waals surface area contributed by atoms with Gasteiger partial charge in [0.25, 0.3) is 5.56 Å². The Morgan fingerprint density at radius 2 is 1.81 bits per heavy atom. The minimum absolute atomic E-state index is 0.0605. The number of H-pyrrole nitrogens is 1. The van der Waals surface area contributed by atoms with Gasteiger partial charge in [-0.2, -0.15) is 10.1 Å². The molecule has 0 aliphatic carbocycles. The van der Waals surface area contributed by atoms with Crippen LogP contribution in [0.25, 0.3) is 27.8 Å². The summed E-state index contributed by atoms with van der Waals surface area (Å²) >= 11 is 0. The number of anilines is 2. The van der Waals surface area contributed by atoms with E-state index in [1.807, 2.05) is 55.6 Å². The first-order valence-electron chi connectivity index (χ1n) is 10.1. The molecule has 31 heavy (non-hydrogen) atoms. The van der Waals surface area contributed by atoms with E-state index in [4.69, 9.17) is 4.98 Å². The molecule has 0 spiro atoms. The Labute approximate surface area is 178 Å². The van der Waals surface area contributed by atoms with Gasteiger partial charge >= 0.3 is 0 Å². The lowest BCUT2D eigenvalue weighted by Crippen LogP contribution is -2.17. The minimum atomic E-state index is -0.247. The van der Waals surface area contributed by atoms with Crippen LogP contribution in [0.4, 0.5) is 11.6 Å². The van der Waals surface area contributed by atoms with Gasteiger partial charge in [-0.1, -0.05) is 39.0 Å². The molecule has 8 heteroatoms. The summed E-state index contributed by atoms with van der Waals surface area (Å²) in [4.78, 5) is 24.8. The Balaban J connectivity index is 1.56. The van der Waals surface area contributed by atoms with E-state index in [1.54, 1.807) is 4.68 Å². The first-order valence-corrected chi connectivity index (χ1v) is 10.1. The van der Waals surface area contributed by atoms with Crippen LogP contribution in [-0.2, 0) is 12.5 Å². The molecule has 0 amide bonds. The molecule has 3 aromatic heterocycles. The quantitative estimate of drug-likeness (QED) is 0.466. The summed E-state index contributed by atoms with van der Waals surface area (Å²) in [6.45, 7) is 6.44. The summed E-state index contributed by atoms with van der Waals surface area (Å²) in [5.74, 6) is 1.36. The molecule has 0 bridgehead atoms. The van der Waals surface area contributed by atoms with Crippen LogP contribution in [0, 0.1) is 0 Å². The van der Waals surface area contributed by atoms with Crippen molar-refractivity contribution < 1.29 is 0 Å². The number of imidazole rings is 1. The fourth-order valence-electron chi connectivity index (χ4n) is 3.82. The SMILES string of the molecule is Cn1c(C(C)(C)C)nc2cc(Nc3nc4c(cnn4-c4ccccc4)c(=O)[nH]3)ccc21. The van der Waals surface area contributed by atoms with Crippen LogP contribution in [0.3, 0.4) is 0 Å². The van der Waals surface area contributed by atoms with Crippen molar-refractivity contribution in [1.29, 1.82) is 0 Å². The number of para-hydroxylation sites is 1. The third-order valence-corrected chi connectivity index (χ3v) is 5.25. The van der Waals surface area contributed by atoms with Crippen LogP contribution in [0.5, 0.6) is 0 Å². The maximum absolute atomic E-state index is 12.6. The predicted molar refractivity (Wildman–Crippen MR) is 122 cm³/mol. The zero-order chi connectivity index (χ0) is 21.8. The average molecular weight is 413 g/mol. The zero-order valence-corrected chi connectivity index (χ0v) is 17.8. The number of aromatic nitrogens is 6. The van der Waals surface area contributed by atoms with Gasteiger partial charge in [0.2, 0.25) is 5.95 Å². The third-order valence-electron chi connectivity index (χ3n) is 5.25. The zero-order valence-electron chi connectivity index (χ0n) is 17.8. The fourth-order valence-corrected chi connectivity index (χ4v) is 3.82. The second-order valence-electron chi connectivity index (χ2n) is 8.62. The minimum Gasteiger partial charge on any atom is -0.331 e. The molecule has 0 radical (unpaired) electrons. The van der Waals surface area contributed by atoms with Gasteiger partial charge < -0.3 is 9.88 Å². The molecular formula is C23H23N7O. The maximum atomic E-state index is 12.6. The second kappa shape index (κ2) is 6.80. The Morgan fingerprint density at radius 1 is 1.03 bits per heavy atom. The summed E-state index contributed by atoms with van der Waals surface area (Å²) in [5, 5.41) is 7.99. The van der Waals surface area contributed by atoms with E-state index in [0.29, 0.717) is 17.0 Å². The first kappa shape index (κ1) is 19.0. The van der Waals surface area contributed by atoms with Gasteiger partial charge in [0.15, 0.2) is 5.65 Å². The number of rotatable bonds is 3. The first-order chi connectivity index (χ1) is 14.8. The van der Waals surface area contributed by atoms with Crippen molar-refractivity contribution in [3.05, 3.63) is 70.9 Å². The lowest BCUT2D eigenvalue weighted by molar-refractivity contribution is 0.526. The average Bonchev–Trinajstić information content (AvgIpc) is 3.30. The highest BCUT2D eigenvalue weighted by molar-refractivity contribution is 5.82. The largest absolute Gasteiger partial charge is 0.331 e. The van der Waals surface area contributed by atoms with Crippen molar-refractivity contribution in [3.8, 4) is 5.69 Å². The Bertz CT molecular complexity index is 1470. The number of hydrogen-bond donors (Lipinski definition) is 2. The van der Waals surface area contributed by atoms with E-state index < -0.39 is 0 Å². The normalized spacial score (nSPS) is 12.0. The number of nitrogens with zero attached hydrogens (tertiary/aromatic N) is 5. The molecular weight excluding hydrogens is 390 g/mol. The molecule has 0 aliphatic rings. The number of aryl methyl sites for hydroxylation is 1. The van der Waals surface area contributed by atoms with Crippen LogP contribution in [0.2, 0.25) is 0 Å². The van der Waals surface area contributed by atoms with Crippen molar-refractivity contribution in [2.24, 2.45) is 7.05 Å². The van der Waals surface area contributed by atoms with E-state index in [1.165, 1.54) is 6.20 Å². The molecule has 5 aromatic rings. The molecule has 0 atom stereocenters. The van der Waals surface area contributed by atoms with Crippen molar-refractivity contribution in [2.75, 3.05) is 5.32 Å². The predicted octanol–water partition coefficient (Wildman–Crippen LogP) is 4.04. The monoisotopic (exact) mass is 413 g/mol. The molecule has 0 unspecified atom stereocenters. The molecule has 8 nitrogen and oxygen atoms in total. The smallest absolute Gasteiger partial charge is 0.263 e. The molecule has 2 aromatic carbocycles. The summed E-state index contributed by atoms with van der Waals surface area (Å²) in [6, 6.07) is 15.5. The highest BCUT2D eigenvalue weighted by Gasteiger charge is 2.21. The molecule has 156 valence electrons. The Hall–Kier alpha value is -3.94. The topological polar surface area (TPSA) is 93.4 Å². The lowest BCUT2D eigenvalue weighted by Gasteiger charge is -2.17. The van der Waals surface area contributed by atoms with E-state index in [0.717, 1.165) is 28.2 Å². The molecule has 0 saturated carbocycles. The molecule has 2 N–H and O–H groups in total. The van der Waals surface area contributed by atoms with E-state index in [9.17, 15) is 4.79 Å². The van der Waals surface area contributed by atoms with Crippen molar-refractivity contribution >= 4 is 33.7 Å². The summed E-state index contributed by atoms with van der Waals surface area (Å²) in [5.41, 5.74) is 3.75. The Morgan fingerprint density at radius 3 is 2.55 bits per heavy atom. The van der Waals surface area contributed by atoms with Crippen molar-refractivity contribution in [1.82, 2.24) is 29.3 Å². The molecule has 5 rings (SSSR count). The van der Waals surface area contributed by atoms with Crippen LogP contribution >= 0.6 is 0 Å². The lowest BCUT2D eigenvalue weighted by atomic mass is 9.96. The number of hydrogen-bond acceptors (Lipinski definition) is 5. The van der Waals surface area contributed by atoms with Crippen molar-refractivity contribution in [3.63, 3.8) is 0 Å². The highest BCUT2D eigenvalue weighted by Crippen LogP contribution is 2.27. The summed E-state index contributed by atoms with van der Waals surface area (Å²) in [7, 11) is 2.03. The van der Waals surface area contributed by atoms with Gasteiger partial charge in [-0.15, -0.1) is 0 Å². The van der Waals surface area contributed by atoms with Gasteiger partial charge in [0, 0.05) is 18.2 Å². The van der Waals surface area contributed by atoms with Crippen LogP contribution < -0.4 is 10.9 Å². The molecule has 0 aliphatic heterocycles. The summed E-state index contributed by atoms with van der Waals surface area (Å²) in [6.07, 6.45) is 1.53. The number of fused-ring (bicyclic) bond motifs is 2. The fraction of sp³-hybridized carbons (Fsp3) is 0.217. The highest BCUT2D eigenvalue weighted by atomic mass is 16.1. The standard InChI is InChI=1S/C23H23N7O/c1-23(2,3)21-26-17-12-14(10-11-18(17)29(21)4)25-22-27-19-16(20(31)28-22)13-24-30(19)15-8-6-5-7-9-15/h5-13H,1-4H3,(H2,25,27,28,31). The van der Waals surface area contributed by atoms with Gasteiger partial charge in [-0.3, -0.25) is 9.78 Å². The Kier molecular flexibility index (Phi) is 4.18. The van der Waals surface area contributed by atoms with E-state index in [2.05, 4.69) is 45.7 Å². The van der Waals surface area contributed by atoms with Gasteiger partial charge in [0.1, 0.15) is 11.2 Å². The number of aromatic amines is 1. The molecule has 0 fully saturated rings. The number of nitrogens with one attached hydrogen (secondary N) is 2. The van der Waals surface area contributed by atoms with Gasteiger partial charge in [-0.25, -0.2) is 9.67 Å². The summed E-state index contributed by atoms with van der Waals surface area (Å²) < 4.78 is 3.77. The van der Waals surface area contributed by atoms with E-state index >= 15 is 0 Å². The van der Waals surface area contributed by atoms with Gasteiger partial charge in [-0.05, 0) is 30.3 Å². The van der Waals surface area contributed by atoms with Crippen molar-refractivity contribution in [2.45, 2.75) is 26.2 Å². The molecule has 3 heterocycles. The van der Waals surface area contributed by atoms with E-state index in [-0.39, 0.29) is 11.0 Å². The number of benzene rings is 2. The second-order valence-corrected chi connectivity index (χ2v) is 8.62.